The molecule has 1 heterocycles. The van der Waals surface area contributed by atoms with Gasteiger partial charge in [0.1, 0.15) is 5.82 Å². The van der Waals surface area contributed by atoms with Crippen LogP contribution in [0.25, 0.3) is 5.69 Å². The van der Waals surface area contributed by atoms with Gasteiger partial charge < -0.3 is 4.90 Å². The minimum atomic E-state index is -0.857. The highest BCUT2D eigenvalue weighted by atomic mass is 35.5. The molecule has 0 aliphatic rings. The quantitative estimate of drug-likeness (QED) is 0.425. The van der Waals surface area contributed by atoms with Gasteiger partial charge in [0.05, 0.1) is 12.2 Å². The summed E-state index contributed by atoms with van der Waals surface area (Å²) < 4.78 is 15.6. The molecule has 0 aliphatic heterocycles. The van der Waals surface area contributed by atoms with Crippen molar-refractivity contribution in [2.24, 2.45) is 0 Å². The molecule has 1 aromatic heterocycles. The van der Waals surface area contributed by atoms with Crippen molar-refractivity contribution >= 4 is 17.5 Å². The van der Waals surface area contributed by atoms with E-state index in [-0.39, 0.29) is 13.1 Å². The highest BCUT2D eigenvalue weighted by Crippen LogP contribution is 2.12. The lowest BCUT2D eigenvalue weighted by Crippen LogP contribution is -2.46. The van der Waals surface area contributed by atoms with E-state index >= 15 is 0 Å². The number of halogens is 2. The number of carbonyl (C=O) groups is 1. The van der Waals surface area contributed by atoms with Gasteiger partial charge >= 0.3 is 5.69 Å². The van der Waals surface area contributed by atoms with E-state index in [1.807, 2.05) is 30.3 Å². The normalized spacial score (nSPS) is 10.8. The molecule has 7 nitrogen and oxygen atoms in total. The molecule has 172 valence electrons. The van der Waals surface area contributed by atoms with Crippen LogP contribution in [0.5, 0.6) is 0 Å². The molecule has 3 aromatic carbocycles. The van der Waals surface area contributed by atoms with Crippen LogP contribution >= 0.6 is 11.6 Å². The highest BCUT2D eigenvalue weighted by Gasteiger charge is 2.23. The second kappa shape index (κ2) is 9.84. The van der Waals surface area contributed by atoms with Crippen molar-refractivity contribution in [3.05, 3.63) is 127 Å². The third-order valence-corrected chi connectivity index (χ3v) is 5.42. The number of aromatic nitrogens is 3. The lowest BCUT2D eigenvalue weighted by atomic mass is 10.2. The summed E-state index contributed by atoms with van der Waals surface area (Å²) in [5.74, 6) is -1.15. The maximum Gasteiger partial charge on any atom is 0.352 e. The van der Waals surface area contributed by atoms with Gasteiger partial charge in [-0.3, -0.25) is 14.2 Å². The van der Waals surface area contributed by atoms with Crippen LogP contribution in [0.2, 0.25) is 5.02 Å². The van der Waals surface area contributed by atoms with Crippen molar-refractivity contribution < 1.29 is 9.18 Å². The van der Waals surface area contributed by atoms with Crippen LogP contribution in [0.4, 0.5) is 4.39 Å². The topological polar surface area (TPSA) is 77.2 Å². The first kappa shape index (κ1) is 23.1. The lowest BCUT2D eigenvalue weighted by molar-refractivity contribution is 0.0773. The number of nitrogens with zero attached hydrogens (tertiary/aromatic N) is 4. The molecule has 4 rings (SSSR count). The number of carbonyl (C=O) groups excluding carboxylic acids is 1. The number of rotatable bonds is 6. The second-order valence-electron chi connectivity index (χ2n) is 7.69. The number of benzene rings is 3. The standard InChI is InChI=1S/C25H20ClFN4O3/c1-29(15-17-6-3-2-4-7-17)23(32)22-24(33)30(16-18-8-5-9-20(27)14-18)25(34)31(28-22)21-12-10-19(26)11-13-21/h2-14H,15-16H2,1H3. The molecule has 0 atom stereocenters. The Morgan fingerprint density at radius 2 is 1.65 bits per heavy atom. The molecule has 34 heavy (non-hydrogen) atoms. The molecule has 9 heteroatoms. The highest BCUT2D eigenvalue weighted by molar-refractivity contribution is 6.30. The van der Waals surface area contributed by atoms with Gasteiger partial charge in [0, 0.05) is 18.6 Å². The fourth-order valence-corrected chi connectivity index (χ4v) is 3.59. The Hall–Kier alpha value is -4.04. The zero-order valence-electron chi connectivity index (χ0n) is 18.2. The predicted octanol–water partition coefficient (Wildman–Crippen LogP) is 3.51. The first-order valence-corrected chi connectivity index (χ1v) is 10.8. The Labute approximate surface area is 199 Å². The Morgan fingerprint density at radius 3 is 2.32 bits per heavy atom. The Bertz CT molecular complexity index is 1450. The van der Waals surface area contributed by atoms with E-state index in [0.29, 0.717) is 16.3 Å². The Kier molecular flexibility index (Phi) is 6.70. The van der Waals surface area contributed by atoms with Crippen molar-refractivity contribution in [3.63, 3.8) is 0 Å². The lowest BCUT2D eigenvalue weighted by Gasteiger charge is -2.18. The van der Waals surface area contributed by atoms with Gasteiger partial charge in [-0.1, -0.05) is 54.1 Å². The fraction of sp³-hybridized carbons (Fsp3) is 0.120. The molecule has 1 amide bonds. The van der Waals surface area contributed by atoms with E-state index in [1.165, 1.54) is 23.1 Å². The van der Waals surface area contributed by atoms with E-state index in [1.54, 1.807) is 37.4 Å². The van der Waals surface area contributed by atoms with Crippen LogP contribution in [0, 0.1) is 5.82 Å². The molecular formula is C25H20ClFN4O3. The fourth-order valence-electron chi connectivity index (χ4n) is 3.47. The number of hydrogen-bond acceptors (Lipinski definition) is 4. The van der Waals surface area contributed by atoms with Gasteiger partial charge in [0.15, 0.2) is 0 Å². The molecule has 0 aliphatic carbocycles. The molecule has 0 spiro atoms. The molecule has 0 bridgehead atoms. The summed E-state index contributed by atoms with van der Waals surface area (Å²) in [6.45, 7) is 0.0129. The monoisotopic (exact) mass is 478 g/mol. The Morgan fingerprint density at radius 1 is 0.971 bits per heavy atom. The molecule has 0 fully saturated rings. The third kappa shape index (κ3) is 4.97. The average Bonchev–Trinajstić information content (AvgIpc) is 2.83. The summed E-state index contributed by atoms with van der Waals surface area (Å²) in [6, 6.07) is 21.1. The van der Waals surface area contributed by atoms with Crippen molar-refractivity contribution in [1.29, 1.82) is 0 Å². The van der Waals surface area contributed by atoms with E-state index in [2.05, 4.69) is 5.10 Å². The van der Waals surface area contributed by atoms with Gasteiger partial charge in [-0.2, -0.15) is 9.78 Å². The van der Waals surface area contributed by atoms with E-state index in [9.17, 15) is 18.8 Å². The van der Waals surface area contributed by atoms with Crippen molar-refractivity contribution in [2.45, 2.75) is 13.1 Å². The summed E-state index contributed by atoms with van der Waals surface area (Å²) >= 11 is 5.96. The summed E-state index contributed by atoms with van der Waals surface area (Å²) in [5, 5.41) is 4.56. The van der Waals surface area contributed by atoms with Gasteiger partial charge in [0.2, 0.25) is 5.69 Å². The molecule has 0 saturated carbocycles. The Balaban J connectivity index is 1.82. The summed E-state index contributed by atoms with van der Waals surface area (Å²) in [6.07, 6.45) is 0. The van der Waals surface area contributed by atoms with Crippen LogP contribution < -0.4 is 11.2 Å². The maximum atomic E-state index is 13.7. The maximum absolute atomic E-state index is 13.7. The molecular weight excluding hydrogens is 459 g/mol. The van der Waals surface area contributed by atoms with Crippen molar-refractivity contribution in [1.82, 2.24) is 19.2 Å². The summed E-state index contributed by atoms with van der Waals surface area (Å²) in [4.78, 5) is 41.0. The molecule has 0 saturated heterocycles. The largest absolute Gasteiger partial charge is 0.352 e. The zero-order valence-corrected chi connectivity index (χ0v) is 18.9. The third-order valence-electron chi connectivity index (χ3n) is 5.17. The molecule has 0 radical (unpaired) electrons. The van der Waals surface area contributed by atoms with Crippen LogP contribution in [-0.4, -0.2) is 32.2 Å². The van der Waals surface area contributed by atoms with E-state index < -0.39 is 28.7 Å². The minimum absolute atomic E-state index is 0.228. The smallest absolute Gasteiger partial charge is 0.336 e. The van der Waals surface area contributed by atoms with Crippen molar-refractivity contribution in [3.8, 4) is 5.69 Å². The van der Waals surface area contributed by atoms with Crippen LogP contribution in [0.1, 0.15) is 21.6 Å². The first-order valence-electron chi connectivity index (χ1n) is 10.4. The van der Waals surface area contributed by atoms with E-state index in [4.69, 9.17) is 11.6 Å². The van der Waals surface area contributed by atoms with Gasteiger partial charge in [0.25, 0.3) is 11.5 Å². The van der Waals surface area contributed by atoms with Gasteiger partial charge in [-0.15, -0.1) is 0 Å². The van der Waals surface area contributed by atoms with E-state index in [0.717, 1.165) is 14.8 Å². The minimum Gasteiger partial charge on any atom is -0.336 e. The van der Waals surface area contributed by atoms with Crippen LogP contribution in [-0.2, 0) is 13.1 Å². The van der Waals surface area contributed by atoms with Crippen molar-refractivity contribution in [2.75, 3.05) is 7.05 Å². The first-order chi connectivity index (χ1) is 16.3. The summed E-state index contributed by atoms with van der Waals surface area (Å²) in [7, 11) is 1.55. The molecule has 0 N–H and O–H groups in total. The molecule has 4 aromatic rings. The summed E-state index contributed by atoms with van der Waals surface area (Å²) in [5.41, 5.74) is -0.469. The van der Waals surface area contributed by atoms with Gasteiger partial charge in [-0.25, -0.2) is 9.18 Å². The SMILES string of the molecule is CN(Cc1ccccc1)C(=O)c1nn(-c2ccc(Cl)cc2)c(=O)n(Cc2cccc(F)c2)c1=O. The predicted molar refractivity (Wildman–Crippen MR) is 127 cm³/mol. The average molecular weight is 479 g/mol. The van der Waals surface area contributed by atoms with Crippen LogP contribution in [0.15, 0.2) is 88.5 Å². The molecule has 0 unspecified atom stereocenters. The number of hydrogen-bond donors (Lipinski definition) is 0. The van der Waals surface area contributed by atoms with Gasteiger partial charge in [-0.05, 0) is 47.5 Å². The second-order valence-corrected chi connectivity index (χ2v) is 8.12. The number of amides is 1. The van der Waals surface area contributed by atoms with Crippen LogP contribution in [0.3, 0.4) is 0 Å². The zero-order chi connectivity index (χ0) is 24.2.